The molecule has 15 heavy (non-hydrogen) atoms. The van der Waals surface area contributed by atoms with E-state index in [9.17, 15) is 0 Å². The standard InChI is InChI=1S/C12H16N2S/c1-9-3-4-11(7-10(9)2)8-15-12-13-5-6-14-12/h3-4,7H,5-6,8H2,1-2H3,(H,13,14). The first kappa shape index (κ1) is 10.6. The minimum atomic E-state index is 0.926. The van der Waals surface area contributed by atoms with Crippen molar-refractivity contribution in [1.82, 2.24) is 5.32 Å². The molecule has 1 aliphatic rings. The summed E-state index contributed by atoms with van der Waals surface area (Å²) in [7, 11) is 0. The molecular formula is C12H16N2S. The van der Waals surface area contributed by atoms with Gasteiger partial charge in [0, 0.05) is 12.3 Å². The number of rotatable bonds is 2. The Morgan fingerprint density at radius 3 is 2.87 bits per heavy atom. The van der Waals surface area contributed by atoms with Crippen molar-refractivity contribution in [2.75, 3.05) is 13.1 Å². The molecule has 1 aliphatic heterocycles. The Bertz CT molecular complexity index is 385. The van der Waals surface area contributed by atoms with Gasteiger partial charge in [0.1, 0.15) is 0 Å². The third-order valence-corrected chi connectivity index (χ3v) is 3.61. The predicted octanol–water partition coefficient (Wildman–Crippen LogP) is 2.50. The minimum absolute atomic E-state index is 0.926. The van der Waals surface area contributed by atoms with Crippen LogP contribution in [0.25, 0.3) is 0 Å². The second-order valence-corrected chi connectivity index (χ2v) is 4.78. The van der Waals surface area contributed by atoms with Crippen molar-refractivity contribution in [1.29, 1.82) is 0 Å². The fourth-order valence-electron chi connectivity index (χ4n) is 1.52. The number of nitrogens with one attached hydrogen (secondary N) is 1. The largest absolute Gasteiger partial charge is 0.363 e. The molecule has 1 aromatic rings. The van der Waals surface area contributed by atoms with Crippen LogP contribution in [0, 0.1) is 13.8 Å². The fourth-order valence-corrected chi connectivity index (χ4v) is 2.39. The number of hydrogen-bond donors (Lipinski definition) is 1. The van der Waals surface area contributed by atoms with E-state index < -0.39 is 0 Å². The average Bonchev–Trinajstić information content (AvgIpc) is 2.73. The van der Waals surface area contributed by atoms with Gasteiger partial charge in [0.15, 0.2) is 5.17 Å². The van der Waals surface area contributed by atoms with Crippen molar-refractivity contribution < 1.29 is 0 Å². The van der Waals surface area contributed by atoms with Crippen LogP contribution in [0.1, 0.15) is 16.7 Å². The van der Waals surface area contributed by atoms with E-state index in [0.717, 1.165) is 24.0 Å². The average molecular weight is 220 g/mol. The van der Waals surface area contributed by atoms with Gasteiger partial charge in [-0.05, 0) is 30.5 Å². The summed E-state index contributed by atoms with van der Waals surface area (Å²) in [5, 5.41) is 4.36. The van der Waals surface area contributed by atoms with E-state index in [1.807, 2.05) is 0 Å². The smallest absolute Gasteiger partial charge is 0.157 e. The van der Waals surface area contributed by atoms with Crippen LogP contribution in [0.5, 0.6) is 0 Å². The number of amidine groups is 1. The molecule has 0 saturated heterocycles. The third-order valence-electron chi connectivity index (χ3n) is 2.59. The van der Waals surface area contributed by atoms with Gasteiger partial charge in [0.25, 0.3) is 0 Å². The molecule has 0 saturated carbocycles. The van der Waals surface area contributed by atoms with E-state index in [1.165, 1.54) is 16.7 Å². The molecule has 3 heteroatoms. The Balaban J connectivity index is 1.96. The summed E-state index contributed by atoms with van der Waals surface area (Å²) < 4.78 is 0. The molecule has 0 atom stereocenters. The van der Waals surface area contributed by atoms with Gasteiger partial charge in [0.05, 0.1) is 6.54 Å². The van der Waals surface area contributed by atoms with Crippen LogP contribution in [-0.4, -0.2) is 18.3 Å². The van der Waals surface area contributed by atoms with Crippen LogP contribution in [-0.2, 0) is 5.75 Å². The van der Waals surface area contributed by atoms with Gasteiger partial charge in [-0.3, -0.25) is 4.99 Å². The zero-order valence-electron chi connectivity index (χ0n) is 9.21. The monoisotopic (exact) mass is 220 g/mol. The second-order valence-electron chi connectivity index (χ2n) is 3.82. The third kappa shape index (κ3) is 2.75. The summed E-state index contributed by atoms with van der Waals surface area (Å²) in [6.45, 7) is 6.23. The van der Waals surface area contributed by atoms with Gasteiger partial charge in [-0.2, -0.15) is 0 Å². The molecule has 0 unspecified atom stereocenters. The lowest BCUT2D eigenvalue weighted by molar-refractivity contribution is 0.963. The van der Waals surface area contributed by atoms with Crippen LogP contribution in [0.3, 0.4) is 0 Å². The molecule has 0 bridgehead atoms. The number of benzene rings is 1. The van der Waals surface area contributed by atoms with Crippen LogP contribution in [0.4, 0.5) is 0 Å². The van der Waals surface area contributed by atoms with Crippen LogP contribution in [0.2, 0.25) is 0 Å². The molecule has 0 aliphatic carbocycles. The molecule has 0 spiro atoms. The summed E-state index contributed by atoms with van der Waals surface area (Å²) >= 11 is 1.79. The summed E-state index contributed by atoms with van der Waals surface area (Å²) in [4.78, 5) is 4.36. The van der Waals surface area contributed by atoms with E-state index in [1.54, 1.807) is 11.8 Å². The maximum absolute atomic E-state index is 4.36. The fraction of sp³-hybridized carbons (Fsp3) is 0.417. The summed E-state index contributed by atoms with van der Waals surface area (Å²) in [5.41, 5.74) is 4.11. The van der Waals surface area contributed by atoms with Gasteiger partial charge in [-0.15, -0.1) is 0 Å². The maximum Gasteiger partial charge on any atom is 0.157 e. The highest BCUT2D eigenvalue weighted by molar-refractivity contribution is 8.13. The number of nitrogens with zero attached hydrogens (tertiary/aromatic N) is 1. The first-order valence-corrected chi connectivity index (χ1v) is 6.21. The molecule has 1 heterocycles. The first-order valence-electron chi connectivity index (χ1n) is 5.23. The van der Waals surface area contributed by atoms with Crippen LogP contribution in [0.15, 0.2) is 23.2 Å². The molecule has 1 aromatic carbocycles. The highest BCUT2D eigenvalue weighted by atomic mass is 32.2. The summed E-state index contributed by atoms with van der Waals surface area (Å²) in [5.74, 6) is 1.01. The number of aryl methyl sites for hydroxylation is 2. The zero-order valence-corrected chi connectivity index (χ0v) is 10.0. The van der Waals surface area contributed by atoms with E-state index in [4.69, 9.17) is 0 Å². The second kappa shape index (κ2) is 4.71. The van der Waals surface area contributed by atoms with Crippen LogP contribution >= 0.6 is 11.8 Å². The number of hydrogen-bond acceptors (Lipinski definition) is 3. The van der Waals surface area contributed by atoms with E-state index >= 15 is 0 Å². The lowest BCUT2D eigenvalue weighted by Crippen LogP contribution is -2.14. The van der Waals surface area contributed by atoms with Crippen molar-refractivity contribution in [3.8, 4) is 0 Å². The maximum atomic E-state index is 4.36. The zero-order chi connectivity index (χ0) is 10.7. The number of aliphatic imine (C=N–C) groups is 1. The molecule has 0 aromatic heterocycles. The molecule has 0 amide bonds. The van der Waals surface area contributed by atoms with Gasteiger partial charge in [0.2, 0.25) is 0 Å². The lowest BCUT2D eigenvalue weighted by atomic mass is 10.1. The van der Waals surface area contributed by atoms with E-state index in [2.05, 4.69) is 42.4 Å². The Morgan fingerprint density at radius 1 is 1.33 bits per heavy atom. The molecule has 1 N–H and O–H groups in total. The van der Waals surface area contributed by atoms with Gasteiger partial charge < -0.3 is 5.32 Å². The van der Waals surface area contributed by atoms with Crippen molar-refractivity contribution in [3.05, 3.63) is 34.9 Å². The Hall–Kier alpha value is -0.960. The van der Waals surface area contributed by atoms with Gasteiger partial charge in [-0.25, -0.2) is 0 Å². The molecular weight excluding hydrogens is 204 g/mol. The van der Waals surface area contributed by atoms with Gasteiger partial charge in [-0.1, -0.05) is 30.0 Å². The van der Waals surface area contributed by atoms with Crippen molar-refractivity contribution in [2.45, 2.75) is 19.6 Å². The Labute approximate surface area is 95.2 Å². The normalized spacial score (nSPS) is 14.9. The molecule has 80 valence electrons. The molecule has 0 fully saturated rings. The highest BCUT2D eigenvalue weighted by Crippen LogP contribution is 2.17. The van der Waals surface area contributed by atoms with Crippen molar-refractivity contribution >= 4 is 16.9 Å². The highest BCUT2D eigenvalue weighted by Gasteiger charge is 2.05. The van der Waals surface area contributed by atoms with Crippen LogP contribution < -0.4 is 5.32 Å². The van der Waals surface area contributed by atoms with Crippen molar-refractivity contribution in [3.63, 3.8) is 0 Å². The number of thioether (sulfide) groups is 1. The minimum Gasteiger partial charge on any atom is -0.363 e. The SMILES string of the molecule is Cc1ccc(CSC2=NCCN2)cc1C. The Morgan fingerprint density at radius 2 is 2.20 bits per heavy atom. The van der Waals surface area contributed by atoms with E-state index in [0.29, 0.717) is 0 Å². The quantitative estimate of drug-likeness (QED) is 0.828. The topological polar surface area (TPSA) is 24.4 Å². The Kier molecular flexibility index (Phi) is 3.31. The summed E-state index contributed by atoms with van der Waals surface area (Å²) in [6.07, 6.45) is 0. The van der Waals surface area contributed by atoms with Gasteiger partial charge >= 0.3 is 0 Å². The van der Waals surface area contributed by atoms with E-state index in [-0.39, 0.29) is 0 Å². The molecule has 0 radical (unpaired) electrons. The first-order chi connectivity index (χ1) is 7.25. The summed E-state index contributed by atoms with van der Waals surface area (Å²) in [6, 6.07) is 6.65. The predicted molar refractivity (Wildman–Crippen MR) is 67.5 cm³/mol. The lowest BCUT2D eigenvalue weighted by Gasteiger charge is -2.05. The molecule has 2 nitrogen and oxygen atoms in total. The van der Waals surface area contributed by atoms with Crippen molar-refractivity contribution in [2.24, 2.45) is 4.99 Å². The molecule has 2 rings (SSSR count).